The first kappa shape index (κ1) is 19.4. The van der Waals surface area contributed by atoms with Gasteiger partial charge < -0.3 is 9.47 Å². The molecule has 0 N–H and O–H groups in total. The molecule has 0 spiro atoms. The van der Waals surface area contributed by atoms with Gasteiger partial charge in [0.25, 0.3) is 5.69 Å². The molecule has 0 fully saturated rings. The lowest BCUT2D eigenvalue weighted by atomic mass is 10.2. The fourth-order valence-corrected chi connectivity index (χ4v) is 3.01. The molecule has 26 heavy (non-hydrogen) atoms. The average Bonchev–Trinajstić information content (AvgIpc) is 2.57. The number of ether oxygens (including phenoxy) is 2. The summed E-state index contributed by atoms with van der Waals surface area (Å²) in [6.45, 7) is 1.97. The maximum atomic E-state index is 12.0. The van der Waals surface area contributed by atoms with Crippen LogP contribution in [0.2, 0.25) is 0 Å². The van der Waals surface area contributed by atoms with Crippen molar-refractivity contribution in [2.45, 2.75) is 11.8 Å². The van der Waals surface area contributed by atoms with Gasteiger partial charge in [0.2, 0.25) is 0 Å². The molecule has 0 saturated heterocycles. The number of carbonyl (C=O) groups is 1. The van der Waals surface area contributed by atoms with Crippen LogP contribution in [0.3, 0.4) is 0 Å². The maximum Gasteiger partial charge on any atom is 0.338 e. The van der Waals surface area contributed by atoms with Crippen LogP contribution in [-0.4, -0.2) is 38.8 Å². The van der Waals surface area contributed by atoms with E-state index >= 15 is 0 Å². The Labute approximate surface area is 150 Å². The Bertz CT molecular complexity index is 938. The summed E-state index contributed by atoms with van der Waals surface area (Å²) >= 11 is 0. The predicted molar refractivity (Wildman–Crippen MR) is 93.2 cm³/mol. The van der Waals surface area contributed by atoms with Gasteiger partial charge in [-0.2, -0.15) is 0 Å². The Morgan fingerprint density at radius 1 is 1.15 bits per heavy atom. The molecular formula is C17H17NO7S. The van der Waals surface area contributed by atoms with E-state index in [0.717, 1.165) is 24.0 Å². The largest absolute Gasteiger partial charge is 0.490 e. The fourth-order valence-electron chi connectivity index (χ4n) is 2.18. The lowest BCUT2D eigenvalue weighted by molar-refractivity contribution is -0.387. The highest BCUT2D eigenvalue weighted by Crippen LogP contribution is 2.25. The van der Waals surface area contributed by atoms with Crippen LogP contribution in [0.1, 0.15) is 15.9 Å². The van der Waals surface area contributed by atoms with Gasteiger partial charge in [-0.3, -0.25) is 10.1 Å². The van der Waals surface area contributed by atoms with Crippen molar-refractivity contribution >= 4 is 21.5 Å². The first-order valence-corrected chi connectivity index (χ1v) is 9.42. The van der Waals surface area contributed by atoms with Crippen molar-refractivity contribution < 1.29 is 27.6 Å². The quantitative estimate of drug-likeness (QED) is 0.314. The second-order valence-electron chi connectivity index (χ2n) is 5.51. The molecule has 0 amide bonds. The van der Waals surface area contributed by atoms with Gasteiger partial charge in [0, 0.05) is 12.3 Å². The predicted octanol–water partition coefficient (Wildman–Crippen LogP) is 2.54. The van der Waals surface area contributed by atoms with Crippen LogP contribution < -0.4 is 4.74 Å². The number of benzene rings is 2. The van der Waals surface area contributed by atoms with E-state index < -0.39 is 31.3 Å². The summed E-state index contributed by atoms with van der Waals surface area (Å²) in [6, 6.07) is 10.4. The summed E-state index contributed by atoms with van der Waals surface area (Å²) in [5.74, 6) is -0.171. The SMILES string of the molecule is Cc1cccc(OCCOC(=O)c2ccc(S(C)(=O)=O)c([N+](=O)[O-])c2)c1. The van der Waals surface area contributed by atoms with Crippen molar-refractivity contribution in [3.63, 3.8) is 0 Å². The van der Waals surface area contributed by atoms with Gasteiger partial charge in [0.1, 0.15) is 23.9 Å². The van der Waals surface area contributed by atoms with E-state index in [9.17, 15) is 23.3 Å². The van der Waals surface area contributed by atoms with E-state index in [1.54, 1.807) is 6.07 Å². The molecule has 0 unspecified atom stereocenters. The van der Waals surface area contributed by atoms with Gasteiger partial charge in [-0.1, -0.05) is 12.1 Å². The zero-order valence-electron chi connectivity index (χ0n) is 14.2. The zero-order valence-corrected chi connectivity index (χ0v) is 15.0. The Kier molecular flexibility index (Phi) is 5.93. The van der Waals surface area contributed by atoms with Crippen LogP contribution in [0.25, 0.3) is 0 Å². The third-order valence-electron chi connectivity index (χ3n) is 3.37. The minimum Gasteiger partial charge on any atom is -0.490 e. The average molecular weight is 379 g/mol. The van der Waals surface area contributed by atoms with Gasteiger partial charge in [-0.15, -0.1) is 0 Å². The maximum absolute atomic E-state index is 12.0. The van der Waals surface area contributed by atoms with Gasteiger partial charge in [0.15, 0.2) is 9.84 Å². The van der Waals surface area contributed by atoms with Crippen LogP contribution in [0, 0.1) is 17.0 Å². The molecule has 9 heteroatoms. The minimum absolute atomic E-state index is 0.0611. The molecule has 2 aromatic carbocycles. The van der Waals surface area contributed by atoms with Crippen molar-refractivity contribution in [3.05, 3.63) is 63.7 Å². The third-order valence-corrected chi connectivity index (χ3v) is 4.51. The van der Waals surface area contributed by atoms with Gasteiger partial charge in [-0.05, 0) is 36.8 Å². The molecule has 0 aliphatic rings. The highest BCUT2D eigenvalue weighted by Gasteiger charge is 2.24. The molecule has 0 aromatic heterocycles. The lowest BCUT2D eigenvalue weighted by Crippen LogP contribution is -2.13. The molecule has 2 aromatic rings. The first-order chi connectivity index (χ1) is 12.2. The van der Waals surface area contributed by atoms with Crippen LogP contribution in [0.5, 0.6) is 5.75 Å². The third kappa shape index (κ3) is 5.03. The highest BCUT2D eigenvalue weighted by molar-refractivity contribution is 7.90. The number of esters is 1. The van der Waals surface area contributed by atoms with Crippen molar-refractivity contribution in [1.29, 1.82) is 0 Å². The van der Waals surface area contributed by atoms with Gasteiger partial charge in [0.05, 0.1) is 10.5 Å². The molecule has 2 rings (SSSR count). The van der Waals surface area contributed by atoms with Crippen molar-refractivity contribution in [1.82, 2.24) is 0 Å². The Balaban J connectivity index is 2.01. The molecule has 0 bridgehead atoms. The Morgan fingerprint density at radius 3 is 2.50 bits per heavy atom. The van der Waals surface area contributed by atoms with E-state index in [1.807, 2.05) is 25.1 Å². The molecule has 0 aliphatic carbocycles. The molecule has 0 aliphatic heterocycles. The number of nitrogens with zero attached hydrogens (tertiary/aromatic N) is 1. The summed E-state index contributed by atoms with van der Waals surface area (Å²) in [5.41, 5.74) is 0.246. The van der Waals surface area contributed by atoms with E-state index in [2.05, 4.69) is 0 Å². The van der Waals surface area contributed by atoms with E-state index in [0.29, 0.717) is 5.75 Å². The number of hydrogen-bond donors (Lipinski definition) is 0. The molecule has 0 saturated carbocycles. The molecule has 0 radical (unpaired) electrons. The second-order valence-corrected chi connectivity index (χ2v) is 7.50. The van der Waals surface area contributed by atoms with Crippen LogP contribution in [0.15, 0.2) is 47.4 Å². The highest BCUT2D eigenvalue weighted by atomic mass is 32.2. The fraction of sp³-hybridized carbons (Fsp3) is 0.235. The smallest absolute Gasteiger partial charge is 0.338 e. The number of nitro benzene ring substituents is 1. The lowest BCUT2D eigenvalue weighted by Gasteiger charge is -2.08. The molecule has 0 atom stereocenters. The van der Waals surface area contributed by atoms with Gasteiger partial charge in [-0.25, -0.2) is 13.2 Å². The summed E-state index contributed by atoms with van der Waals surface area (Å²) in [6.07, 6.45) is 0.857. The van der Waals surface area contributed by atoms with Crippen LogP contribution >= 0.6 is 0 Å². The molecule has 0 heterocycles. The number of sulfone groups is 1. The summed E-state index contributed by atoms with van der Waals surface area (Å²) in [7, 11) is -3.79. The second kappa shape index (κ2) is 7.96. The molecule has 8 nitrogen and oxygen atoms in total. The monoisotopic (exact) mass is 379 g/mol. The zero-order chi connectivity index (χ0) is 19.3. The van der Waals surface area contributed by atoms with Crippen LogP contribution in [-0.2, 0) is 14.6 Å². The number of carbonyl (C=O) groups excluding carboxylic acids is 1. The normalized spacial score (nSPS) is 11.0. The summed E-state index contributed by atoms with van der Waals surface area (Å²) < 4.78 is 33.6. The Morgan fingerprint density at radius 2 is 1.88 bits per heavy atom. The number of rotatable bonds is 7. The van der Waals surface area contributed by atoms with Crippen LogP contribution in [0.4, 0.5) is 5.69 Å². The van der Waals surface area contributed by atoms with E-state index in [-0.39, 0.29) is 18.8 Å². The standard InChI is InChI=1S/C17H17NO7S/c1-12-4-3-5-14(10-12)24-8-9-25-17(19)13-6-7-16(26(2,22)23)15(11-13)18(20)21/h3-7,10-11H,8-9H2,1-2H3. The molecular weight excluding hydrogens is 362 g/mol. The topological polar surface area (TPSA) is 113 Å². The summed E-state index contributed by atoms with van der Waals surface area (Å²) in [5, 5.41) is 11.1. The van der Waals surface area contributed by atoms with Crippen molar-refractivity contribution in [2.75, 3.05) is 19.5 Å². The number of aryl methyl sites for hydroxylation is 1. The molecule has 138 valence electrons. The first-order valence-electron chi connectivity index (χ1n) is 7.53. The number of nitro groups is 1. The van der Waals surface area contributed by atoms with Crippen molar-refractivity contribution in [2.24, 2.45) is 0 Å². The van der Waals surface area contributed by atoms with E-state index in [4.69, 9.17) is 9.47 Å². The van der Waals surface area contributed by atoms with Crippen molar-refractivity contribution in [3.8, 4) is 5.75 Å². The van der Waals surface area contributed by atoms with E-state index in [1.165, 1.54) is 6.07 Å². The van der Waals surface area contributed by atoms with Gasteiger partial charge >= 0.3 is 5.97 Å². The minimum atomic E-state index is -3.79. The summed E-state index contributed by atoms with van der Waals surface area (Å²) in [4.78, 5) is 21.7. The Hall–Kier alpha value is -2.94. The number of hydrogen-bond acceptors (Lipinski definition) is 7.